The summed E-state index contributed by atoms with van der Waals surface area (Å²) in [6.07, 6.45) is 0.597. The van der Waals surface area contributed by atoms with E-state index in [2.05, 4.69) is 59.3 Å². The molecule has 0 aromatic heterocycles. The molecule has 1 unspecified atom stereocenters. The standard InChI is InChI=1S/C25H27BrO3/c1-19-3-5-22(6-4-19)18-29-25-13-9-21(10-14-25)15-16-27-20(2)28-17-23-7-11-24(26)12-8-23/h3-14,20H,15-18H2,1-2H3. The second-order valence-electron chi connectivity index (χ2n) is 7.04. The molecule has 3 aromatic rings. The summed E-state index contributed by atoms with van der Waals surface area (Å²) in [7, 11) is 0. The second-order valence-corrected chi connectivity index (χ2v) is 7.96. The maximum absolute atomic E-state index is 5.86. The number of halogens is 1. The van der Waals surface area contributed by atoms with Crippen molar-refractivity contribution in [2.24, 2.45) is 0 Å². The molecule has 0 aliphatic rings. The van der Waals surface area contributed by atoms with Crippen molar-refractivity contribution in [2.45, 2.75) is 39.8 Å². The summed E-state index contributed by atoms with van der Waals surface area (Å²) >= 11 is 3.43. The molecule has 0 heterocycles. The Morgan fingerprint density at radius 2 is 1.31 bits per heavy atom. The summed E-state index contributed by atoms with van der Waals surface area (Å²) in [5.74, 6) is 0.876. The van der Waals surface area contributed by atoms with Crippen LogP contribution in [0.5, 0.6) is 5.75 Å². The smallest absolute Gasteiger partial charge is 0.155 e. The van der Waals surface area contributed by atoms with E-state index in [0.717, 1.165) is 22.2 Å². The highest BCUT2D eigenvalue weighted by Gasteiger charge is 2.04. The lowest BCUT2D eigenvalue weighted by Crippen LogP contribution is -2.14. The summed E-state index contributed by atoms with van der Waals surface area (Å²) in [5, 5.41) is 0. The molecule has 0 aliphatic heterocycles. The van der Waals surface area contributed by atoms with E-state index in [1.807, 2.05) is 43.3 Å². The van der Waals surface area contributed by atoms with Crippen molar-refractivity contribution in [2.75, 3.05) is 6.61 Å². The summed E-state index contributed by atoms with van der Waals surface area (Å²) in [6, 6.07) is 24.7. The van der Waals surface area contributed by atoms with E-state index >= 15 is 0 Å². The van der Waals surface area contributed by atoms with Crippen LogP contribution in [0.3, 0.4) is 0 Å². The zero-order valence-electron chi connectivity index (χ0n) is 16.9. The van der Waals surface area contributed by atoms with Gasteiger partial charge in [0.25, 0.3) is 0 Å². The predicted molar refractivity (Wildman–Crippen MR) is 120 cm³/mol. The normalized spacial score (nSPS) is 12.0. The fourth-order valence-corrected chi connectivity index (χ4v) is 3.05. The third-order valence-corrected chi connectivity index (χ3v) is 5.12. The molecule has 152 valence electrons. The largest absolute Gasteiger partial charge is 0.489 e. The molecule has 0 saturated heterocycles. The van der Waals surface area contributed by atoms with Gasteiger partial charge in [0.1, 0.15) is 12.4 Å². The molecule has 0 fully saturated rings. The molecule has 3 aromatic carbocycles. The first-order valence-electron chi connectivity index (χ1n) is 9.83. The van der Waals surface area contributed by atoms with Gasteiger partial charge in [-0.25, -0.2) is 0 Å². The molecule has 0 spiro atoms. The Hall–Kier alpha value is -2.14. The van der Waals surface area contributed by atoms with Crippen molar-refractivity contribution >= 4 is 15.9 Å². The quantitative estimate of drug-likeness (QED) is 0.329. The van der Waals surface area contributed by atoms with Crippen LogP contribution in [0.15, 0.2) is 77.3 Å². The first-order valence-corrected chi connectivity index (χ1v) is 10.6. The lowest BCUT2D eigenvalue weighted by molar-refractivity contribution is -0.137. The number of rotatable bonds is 10. The van der Waals surface area contributed by atoms with E-state index in [9.17, 15) is 0 Å². The molecule has 0 aliphatic carbocycles. The fraction of sp³-hybridized carbons (Fsp3) is 0.280. The number of ether oxygens (including phenoxy) is 3. The summed E-state index contributed by atoms with van der Waals surface area (Å²) in [4.78, 5) is 0. The Bertz CT molecular complexity index is 858. The van der Waals surface area contributed by atoms with Gasteiger partial charge in [-0.15, -0.1) is 0 Å². The van der Waals surface area contributed by atoms with Crippen LogP contribution >= 0.6 is 15.9 Å². The minimum atomic E-state index is -0.240. The van der Waals surface area contributed by atoms with Gasteiger partial charge in [0.2, 0.25) is 0 Å². The van der Waals surface area contributed by atoms with Gasteiger partial charge < -0.3 is 14.2 Å². The van der Waals surface area contributed by atoms with Crippen LogP contribution in [-0.4, -0.2) is 12.9 Å². The average Bonchev–Trinajstić information content (AvgIpc) is 2.74. The molecule has 0 bridgehead atoms. The van der Waals surface area contributed by atoms with Crippen molar-refractivity contribution in [1.29, 1.82) is 0 Å². The number of benzene rings is 3. The molecule has 3 rings (SSSR count). The third kappa shape index (κ3) is 7.65. The topological polar surface area (TPSA) is 27.7 Å². The van der Waals surface area contributed by atoms with Crippen LogP contribution in [-0.2, 0) is 29.1 Å². The predicted octanol–water partition coefficient (Wildman–Crippen LogP) is 6.46. The highest BCUT2D eigenvalue weighted by atomic mass is 79.9. The number of hydrogen-bond acceptors (Lipinski definition) is 3. The average molecular weight is 455 g/mol. The van der Waals surface area contributed by atoms with E-state index in [1.165, 1.54) is 16.7 Å². The van der Waals surface area contributed by atoms with E-state index in [-0.39, 0.29) is 6.29 Å². The summed E-state index contributed by atoms with van der Waals surface area (Å²) in [5.41, 5.74) is 4.77. The van der Waals surface area contributed by atoms with Crippen molar-refractivity contribution in [1.82, 2.24) is 0 Å². The van der Waals surface area contributed by atoms with Gasteiger partial charge in [0.05, 0.1) is 13.2 Å². The van der Waals surface area contributed by atoms with Gasteiger partial charge in [-0.3, -0.25) is 0 Å². The zero-order valence-corrected chi connectivity index (χ0v) is 18.5. The Labute approximate surface area is 181 Å². The zero-order chi connectivity index (χ0) is 20.5. The van der Waals surface area contributed by atoms with E-state index in [0.29, 0.717) is 19.8 Å². The molecule has 3 nitrogen and oxygen atoms in total. The van der Waals surface area contributed by atoms with Crippen LogP contribution in [0.1, 0.15) is 29.2 Å². The molecule has 0 saturated carbocycles. The van der Waals surface area contributed by atoms with Crippen molar-refractivity contribution in [3.8, 4) is 5.75 Å². The summed E-state index contributed by atoms with van der Waals surface area (Å²) < 4.78 is 18.4. The first-order chi connectivity index (χ1) is 14.1. The van der Waals surface area contributed by atoms with Crippen LogP contribution in [0.25, 0.3) is 0 Å². The molecular formula is C25H27BrO3. The van der Waals surface area contributed by atoms with E-state index in [4.69, 9.17) is 14.2 Å². The molecule has 0 amide bonds. The van der Waals surface area contributed by atoms with Crippen LogP contribution in [0.2, 0.25) is 0 Å². The molecule has 0 radical (unpaired) electrons. The van der Waals surface area contributed by atoms with E-state index < -0.39 is 0 Å². The SMILES string of the molecule is Cc1ccc(COc2ccc(CCOC(C)OCc3ccc(Br)cc3)cc2)cc1. The lowest BCUT2D eigenvalue weighted by atomic mass is 10.1. The Morgan fingerprint density at radius 3 is 2.00 bits per heavy atom. The van der Waals surface area contributed by atoms with Crippen molar-refractivity contribution < 1.29 is 14.2 Å². The minimum Gasteiger partial charge on any atom is -0.489 e. The van der Waals surface area contributed by atoms with Crippen molar-refractivity contribution in [3.63, 3.8) is 0 Å². The highest BCUT2D eigenvalue weighted by Crippen LogP contribution is 2.16. The van der Waals surface area contributed by atoms with Gasteiger partial charge in [-0.2, -0.15) is 0 Å². The van der Waals surface area contributed by atoms with Crippen molar-refractivity contribution in [3.05, 3.63) is 99.5 Å². The van der Waals surface area contributed by atoms with Crippen LogP contribution in [0.4, 0.5) is 0 Å². The second kappa shape index (κ2) is 11.1. The Kier molecular flexibility index (Phi) is 8.29. The third-order valence-electron chi connectivity index (χ3n) is 4.59. The van der Waals surface area contributed by atoms with Gasteiger partial charge >= 0.3 is 0 Å². The number of hydrogen-bond donors (Lipinski definition) is 0. The number of aryl methyl sites for hydroxylation is 1. The maximum Gasteiger partial charge on any atom is 0.155 e. The van der Waals surface area contributed by atoms with Crippen LogP contribution in [0, 0.1) is 6.92 Å². The molecule has 29 heavy (non-hydrogen) atoms. The van der Waals surface area contributed by atoms with E-state index in [1.54, 1.807) is 0 Å². The van der Waals surface area contributed by atoms with Gasteiger partial charge in [0.15, 0.2) is 6.29 Å². The Morgan fingerprint density at radius 1 is 0.724 bits per heavy atom. The lowest BCUT2D eigenvalue weighted by Gasteiger charge is -2.14. The highest BCUT2D eigenvalue weighted by molar-refractivity contribution is 9.10. The molecule has 4 heteroatoms. The molecule has 0 N–H and O–H groups in total. The first kappa shape index (κ1) is 21.6. The van der Waals surface area contributed by atoms with Gasteiger partial charge in [-0.1, -0.05) is 70.0 Å². The van der Waals surface area contributed by atoms with Gasteiger partial charge in [-0.05, 0) is 61.2 Å². The maximum atomic E-state index is 5.86. The molecular weight excluding hydrogens is 428 g/mol. The van der Waals surface area contributed by atoms with Crippen LogP contribution < -0.4 is 4.74 Å². The monoisotopic (exact) mass is 454 g/mol. The fourth-order valence-electron chi connectivity index (χ4n) is 2.79. The Balaban J connectivity index is 1.35. The van der Waals surface area contributed by atoms with Gasteiger partial charge in [0, 0.05) is 4.47 Å². The minimum absolute atomic E-state index is 0.240. The summed E-state index contributed by atoms with van der Waals surface area (Å²) in [6.45, 7) is 5.76. The molecule has 1 atom stereocenters.